The maximum atomic E-state index is 13.3. The zero-order valence-corrected chi connectivity index (χ0v) is 13.8. The first-order valence-corrected chi connectivity index (χ1v) is 8.26. The fraction of sp³-hybridized carbons (Fsp3) is 0.500. The first-order valence-electron chi connectivity index (χ1n) is 8.26. The topological polar surface area (TPSA) is 49.8 Å². The maximum Gasteiger partial charge on any atom is 0.416 e. The predicted octanol–water partition coefficient (Wildman–Crippen LogP) is 3.42. The quantitative estimate of drug-likeness (QED) is 0.884. The van der Waals surface area contributed by atoms with Gasteiger partial charge in [0.1, 0.15) is 5.76 Å². The number of likely N-dealkylation sites (tertiary alicyclic amines) is 1. The minimum Gasteiger partial charge on any atom is -0.498 e. The highest BCUT2D eigenvalue weighted by Gasteiger charge is 2.42. The van der Waals surface area contributed by atoms with Crippen LogP contribution in [0.1, 0.15) is 43.4 Å². The molecule has 0 saturated carbocycles. The number of β-amino-alcohol motifs (C(OH)–C–C–N with tert-alkyl or cyclic N) is 1. The number of nitrogens with zero attached hydrogens (tertiary/aromatic N) is 1. The Kier molecular flexibility index (Phi) is 4.77. The Bertz CT molecular complexity index is 699. The molecule has 0 aromatic heterocycles. The number of ether oxygens (including phenoxy) is 1. The van der Waals surface area contributed by atoms with Gasteiger partial charge in [0.2, 0.25) is 0 Å². The minimum atomic E-state index is -4.51. The van der Waals surface area contributed by atoms with Crippen LogP contribution in [0.15, 0.2) is 35.6 Å². The van der Waals surface area contributed by atoms with E-state index < -0.39 is 23.9 Å². The van der Waals surface area contributed by atoms with E-state index in [1.54, 1.807) is 6.92 Å². The van der Waals surface area contributed by atoms with Gasteiger partial charge in [0, 0.05) is 6.54 Å². The van der Waals surface area contributed by atoms with Crippen molar-refractivity contribution < 1.29 is 27.8 Å². The Balaban J connectivity index is 1.97. The molecule has 2 heterocycles. The van der Waals surface area contributed by atoms with Gasteiger partial charge in [-0.2, -0.15) is 13.2 Å². The highest BCUT2D eigenvalue weighted by atomic mass is 19.4. The van der Waals surface area contributed by atoms with Crippen LogP contribution in [-0.4, -0.2) is 35.2 Å². The third-order valence-electron chi connectivity index (χ3n) is 4.74. The largest absolute Gasteiger partial charge is 0.498 e. The second-order valence-electron chi connectivity index (χ2n) is 6.43. The lowest BCUT2D eigenvalue weighted by Crippen LogP contribution is -2.35. The fourth-order valence-electron chi connectivity index (χ4n) is 3.55. The van der Waals surface area contributed by atoms with E-state index in [0.717, 1.165) is 6.07 Å². The summed E-state index contributed by atoms with van der Waals surface area (Å²) in [7, 11) is 0. The van der Waals surface area contributed by atoms with Gasteiger partial charge < -0.3 is 14.7 Å². The van der Waals surface area contributed by atoms with Crippen LogP contribution in [0, 0.1) is 0 Å². The van der Waals surface area contributed by atoms with Crippen LogP contribution < -0.4 is 0 Å². The monoisotopic (exact) mass is 355 g/mol. The van der Waals surface area contributed by atoms with E-state index in [4.69, 9.17) is 4.74 Å². The molecule has 0 spiro atoms. The van der Waals surface area contributed by atoms with E-state index in [1.165, 1.54) is 23.1 Å². The molecule has 0 aliphatic carbocycles. The van der Waals surface area contributed by atoms with Crippen molar-refractivity contribution in [2.45, 2.75) is 44.5 Å². The molecule has 1 aromatic carbocycles. The van der Waals surface area contributed by atoms with Crippen molar-refractivity contribution in [2.24, 2.45) is 0 Å². The molecule has 7 heteroatoms. The van der Waals surface area contributed by atoms with Gasteiger partial charge in [-0.1, -0.05) is 18.2 Å². The third-order valence-corrected chi connectivity index (χ3v) is 4.74. The molecule has 2 atom stereocenters. The molecule has 3 rings (SSSR count). The van der Waals surface area contributed by atoms with Crippen molar-refractivity contribution in [1.29, 1.82) is 0 Å². The van der Waals surface area contributed by atoms with E-state index >= 15 is 0 Å². The van der Waals surface area contributed by atoms with Gasteiger partial charge in [-0.25, -0.2) is 0 Å². The minimum absolute atomic E-state index is 0.0203. The summed E-state index contributed by atoms with van der Waals surface area (Å²) in [4.78, 5) is 14.2. The second-order valence-corrected chi connectivity index (χ2v) is 6.43. The van der Waals surface area contributed by atoms with Crippen LogP contribution >= 0.6 is 0 Å². The Morgan fingerprint density at radius 1 is 1.32 bits per heavy atom. The average Bonchev–Trinajstić information content (AvgIpc) is 2.96. The van der Waals surface area contributed by atoms with Gasteiger partial charge in [-0.3, -0.25) is 4.79 Å². The highest BCUT2D eigenvalue weighted by Crippen LogP contribution is 2.41. The smallest absolute Gasteiger partial charge is 0.416 e. The number of halogens is 3. The number of allylic oxidation sites excluding steroid dienone is 1. The van der Waals surface area contributed by atoms with Gasteiger partial charge >= 0.3 is 6.18 Å². The molecule has 0 unspecified atom stereocenters. The van der Waals surface area contributed by atoms with Crippen molar-refractivity contribution in [1.82, 2.24) is 4.90 Å². The molecule has 1 saturated heterocycles. The zero-order valence-electron chi connectivity index (χ0n) is 13.8. The summed E-state index contributed by atoms with van der Waals surface area (Å²) in [5.74, 6) is 0.163. The molecule has 1 fully saturated rings. The summed E-state index contributed by atoms with van der Waals surface area (Å²) in [6, 6.07) is 4.43. The first kappa shape index (κ1) is 17.8. The number of alkyl halides is 3. The fourth-order valence-corrected chi connectivity index (χ4v) is 3.55. The third kappa shape index (κ3) is 3.51. The lowest BCUT2D eigenvalue weighted by Gasteiger charge is -2.29. The Hall–Kier alpha value is -2.02. The van der Waals surface area contributed by atoms with Crippen LogP contribution in [0.25, 0.3) is 0 Å². The summed E-state index contributed by atoms with van der Waals surface area (Å²) in [5.41, 5.74) is -0.262. The number of amides is 1. The Morgan fingerprint density at radius 2 is 2.04 bits per heavy atom. The Labute approximate surface area is 143 Å². The van der Waals surface area contributed by atoms with E-state index in [9.17, 15) is 23.1 Å². The van der Waals surface area contributed by atoms with Crippen LogP contribution in [-0.2, 0) is 15.7 Å². The number of carbonyl (C=O) groups is 1. The molecule has 2 aliphatic rings. The lowest BCUT2D eigenvalue weighted by atomic mass is 9.96. The molecule has 0 bridgehead atoms. The molecule has 1 N–H and O–H groups in total. The van der Waals surface area contributed by atoms with Crippen molar-refractivity contribution >= 4 is 5.91 Å². The molecule has 136 valence electrons. The molecule has 1 amide bonds. The van der Waals surface area contributed by atoms with Crippen molar-refractivity contribution in [3.63, 3.8) is 0 Å². The number of carbonyl (C=O) groups excluding carboxylic acids is 1. The van der Waals surface area contributed by atoms with E-state index in [1.807, 2.05) is 0 Å². The van der Waals surface area contributed by atoms with E-state index in [0.29, 0.717) is 30.8 Å². The van der Waals surface area contributed by atoms with E-state index in [2.05, 4.69) is 0 Å². The molecule has 1 aromatic rings. The molecule has 4 nitrogen and oxygen atoms in total. The lowest BCUT2D eigenvalue weighted by molar-refractivity contribution is -0.140. The number of rotatable bonds is 2. The predicted molar refractivity (Wildman–Crippen MR) is 84.4 cm³/mol. The van der Waals surface area contributed by atoms with Crippen LogP contribution in [0.3, 0.4) is 0 Å². The maximum absolute atomic E-state index is 13.3. The van der Waals surface area contributed by atoms with Crippen molar-refractivity contribution in [3.8, 4) is 0 Å². The van der Waals surface area contributed by atoms with Gasteiger partial charge in [0.05, 0.1) is 29.9 Å². The van der Waals surface area contributed by atoms with E-state index in [-0.39, 0.29) is 24.4 Å². The van der Waals surface area contributed by atoms with Crippen LogP contribution in [0.2, 0.25) is 0 Å². The van der Waals surface area contributed by atoms with Gasteiger partial charge in [-0.15, -0.1) is 0 Å². The summed E-state index contributed by atoms with van der Waals surface area (Å²) in [6.45, 7) is 2.25. The number of hydrogen-bond donors (Lipinski definition) is 1. The number of aliphatic hydroxyl groups excluding tert-OH is 1. The second kappa shape index (κ2) is 6.71. The first-order chi connectivity index (χ1) is 11.8. The molecular formula is C18H20F3NO3. The summed E-state index contributed by atoms with van der Waals surface area (Å²) >= 11 is 0. The van der Waals surface area contributed by atoms with Crippen molar-refractivity contribution in [2.75, 3.05) is 13.2 Å². The normalized spacial score (nSPS) is 24.4. The van der Waals surface area contributed by atoms with Gasteiger partial charge in [0.25, 0.3) is 5.91 Å². The zero-order chi connectivity index (χ0) is 18.2. The number of aliphatic hydroxyl groups is 1. The SMILES string of the molecule is CC1=C(C(=O)N2C[C@@H](O)C[C@@H]2c2ccccc2C(F)(F)F)CCCO1. The van der Waals surface area contributed by atoms with Gasteiger partial charge in [0.15, 0.2) is 0 Å². The Morgan fingerprint density at radius 3 is 2.72 bits per heavy atom. The highest BCUT2D eigenvalue weighted by molar-refractivity contribution is 5.94. The standard InChI is InChI=1S/C18H20F3NO3/c1-11-13(6-4-8-25-11)17(24)22-10-12(23)9-16(22)14-5-2-3-7-15(14)18(19,20)21/h2-3,5,7,12,16,23H,4,6,8-10H2,1H3/t12-,16+/m0/s1. The summed E-state index contributed by atoms with van der Waals surface area (Å²) < 4.78 is 45.5. The molecule has 0 radical (unpaired) electrons. The number of benzene rings is 1. The molecular weight excluding hydrogens is 335 g/mol. The summed E-state index contributed by atoms with van der Waals surface area (Å²) in [6.07, 6.45) is -4.04. The number of hydrogen-bond acceptors (Lipinski definition) is 3. The summed E-state index contributed by atoms with van der Waals surface area (Å²) in [5, 5.41) is 10.0. The average molecular weight is 355 g/mol. The van der Waals surface area contributed by atoms with Crippen LogP contribution in [0.5, 0.6) is 0 Å². The molecule has 2 aliphatic heterocycles. The van der Waals surface area contributed by atoms with Crippen LogP contribution in [0.4, 0.5) is 13.2 Å². The molecule has 25 heavy (non-hydrogen) atoms. The van der Waals surface area contributed by atoms with Crippen molar-refractivity contribution in [3.05, 3.63) is 46.7 Å². The van der Waals surface area contributed by atoms with Gasteiger partial charge in [-0.05, 0) is 37.8 Å².